The van der Waals surface area contributed by atoms with Gasteiger partial charge >= 0.3 is 5.97 Å². The molecule has 32 heavy (non-hydrogen) atoms. The quantitative estimate of drug-likeness (QED) is 0.136. The Kier molecular flexibility index (Phi) is 11.7. The number of nitrogens with two attached hydrogens (primary N) is 1. The molecule has 3 amide bonds. The molecule has 0 saturated carbocycles. The summed E-state index contributed by atoms with van der Waals surface area (Å²) in [5.74, 6) is -3.28. The van der Waals surface area contributed by atoms with Gasteiger partial charge in [0.2, 0.25) is 17.7 Å². The number of aromatic nitrogens is 2. The van der Waals surface area contributed by atoms with E-state index < -0.39 is 60.6 Å². The fraction of sp³-hybridized carbons (Fsp3) is 0.611. The molecule has 1 heterocycles. The number of aliphatic hydroxyl groups excluding tert-OH is 2. The molecule has 0 aliphatic heterocycles. The Morgan fingerprint density at radius 3 is 2.31 bits per heavy atom. The monoisotopic (exact) mass is 474 g/mol. The van der Waals surface area contributed by atoms with Gasteiger partial charge in [-0.3, -0.25) is 14.4 Å². The molecule has 1 rings (SSSR count). The molecule has 1 aromatic heterocycles. The predicted octanol–water partition coefficient (Wildman–Crippen LogP) is -3.06. The van der Waals surface area contributed by atoms with Crippen LogP contribution in [0.1, 0.15) is 19.0 Å². The first-order valence-corrected chi connectivity index (χ1v) is 11.1. The lowest BCUT2D eigenvalue weighted by Gasteiger charge is -2.26. The Hall–Kier alpha value is -2.68. The fourth-order valence-electron chi connectivity index (χ4n) is 2.60. The van der Waals surface area contributed by atoms with E-state index in [2.05, 4.69) is 25.9 Å². The molecule has 13 nitrogen and oxygen atoms in total. The van der Waals surface area contributed by atoms with Crippen molar-refractivity contribution in [1.82, 2.24) is 25.9 Å². The van der Waals surface area contributed by atoms with Crippen LogP contribution in [0.15, 0.2) is 12.5 Å². The average molecular weight is 475 g/mol. The number of amides is 3. The summed E-state index contributed by atoms with van der Waals surface area (Å²) in [6.45, 7) is 0.613. The zero-order valence-corrected chi connectivity index (χ0v) is 18.6. The van der Waals surface area contributed by atoms with Gasteiger partial charge in [0.15, 0.2) is 0 Å². The number of carbonyl (C=O) groups is 4. The number of nitrogens with one attached hydrogen (secondary N) is 4. The van der Waals surface area contributed by atoms with E-state index in [9.17, 15) is 29.4 Å². The largest absolute Gasteiger partial charge is 0.480 e. The van der Waals surface area contributed by atoms with Gasteiger partial charge in [0.05, 0.1) is 19.0 Å². The Balaban J connectivity index is 2.96. The number of aliphatic carboxylic acids is 1. The van der Waals surface area contributed by atoms with Crippen molar-refractivity contribution < 1.29 is 34.5 Å². The molecule has 0 saturated heterocycles. The summed E-state index contributed by atoms with van der Waals surface area (Å²) < 4.78 is 0. The number of carboxylic acid groups (broad SMARTS) is 1. The van der Waals surface area contributed by atoms with E-state index in [1.807, 2.05) is 0 Å². The topological polar surface area (TPSA) is 220 Å². The van der Waals surface area contributed by atoms with Gasteiger partial charge in [-0.1, -0.05) is 0 Å². The van der Waals surface area contributed by atoms with Crippen molar-refractivity contribution in [2.75, 3.05) is 18.6 Å². The van der Waals surface area contributed by atoms with E-state index in [4.69, 9.17) is 10.8 Å². The van der Waals surface area contributed by atoms with Crippen molar-refractivity contribution in [3.05, 3.63) is 18.2 Å². The molecule has 0 radical (unpaired) electrons. The minimum absolute atomic E-state index is 0.0463. The average Bonchev–Trinajstić information content (AvgIpc) is 3.25. The first-order valence-electron chi connectivity index (χ1n) is 9.75. The number of hydrogen-bond acceptors (Lipinski definition) is 9. The summed E-state index contributed by atoms with van der Waals surface area (Å²) in [5, 5.41) is 35.4. The lowest BCUT2D eigenvalue weighted by Crippen LogP contribution is -2.60. The van der Waals surface area contributed by atoms with E-state index >= 15 is 0 Å². The number of hydrogen-bond donors (Lipinski definition) is 8. The summed E-state index contributed by atoms with van der Waals surface area (Å²) in [7, 11) is 0. The number of carboxylic acids is 1. The van der Waals surface area contributed by atoms with Gasteiger partial charge in [-0.05, 0) is 25.4 Å². The van der Waals surface area contributed by atoms with Crippen LogP contribution in [0.3, 0.4) is 0 Å². The standard InChI is InChI=1S/C18H30N6O7S/c1-9(26)14(17(29)22-12(18(30)31)3-4-32-2)24-16(28)13(5-10-6-20-8-21-10)23-15(27)11(19)7-25/h6,8-9,11-14,25-26H,3-5,7,19H2,1-2H3,(H,20,21)(H,22,29)(H,23,27)(H,24,28)(H,30,31). The van der Waals surface area contributed by atoms with E-state index in [1.54, 1.807) is 6.26 Å². The third kappa shape index (κ3) is 8.82. The number of thioether (sulfide) groups is 1. The highest BCUT2D eigenvalue weighted by Crippen LogP contribution is 2.05. The van der Waals surface area contributed by atoms with Crippen LogP contribution in [0.4, 0.5) is 0 Å². The van der Waals surface area contributed by atoms with Crippen molar-refractivity contribution in [3.63, 3.8) is 0 Å². The molecule has 0 aromatic carbocycles. The summed E-state index contributed by atoms with van der Waals surface area (Å²) in [4.78, 5) is 55.5. The molecule has 14 heteroatoms. The molecule has 0 aliphatic rings. The van der Waals surface area contributed by atoms with Gasteiger partial charge in [-0.2, -0.15) is 11.8 Å². The number of aliphatic hydroxyl groups is 2. The highest BCUT2D eigenvalue weighted by Gasteiger charge is 2.32. The predicted molar refractivity (Wildman–Crippen MR) is 115 cm³/mol. The number of nitrogens with zero attached hydrogens (tertiary/aromatic N) is 1. The lowest BCUT2D eigenvalue weighted by molar-refractivity contribution is -0.143. The van der Waals surface area contributed by atoms with Crippen LogP contribution < -0.4 is 21.7 Å². The molecule has 9 N–H and O–H groups in total. The Labute approximate surface area is 188 Å². The van der Waals surface area contributed by atoms with Crippen LogP contribution in [0, 0.1) is 0 Å². The molecular formula is C18H30N6O7S. The van der Waals surface area contributed by atoms with Gasteiger partial charge in [0.1, 0.15) is 24.2 Å². The summed E-state index contributed by atoms with van der Waals surface area (Å²) in [6, 6.07) is -5.17. The maximum Gasteiger partial charge on any atom is 0.326 e. The number of rotatable bonds is 14. The molecule has 5 unspecified atom stereocenters. The minimum Gasteiger partial charge on any atom is -0.480 e. The first kappa shape index (κ1) is 27.4. The van der Waals surface area contributed by atoms with E-state index in [0.717, 1.165) is 0 Å². The SMILES string of the molecule is CSCCC(NC(=O)C(NC(=O)C(Cc1cnc[nH]1)NC(=O)C(N)CO)C(C)O)C(=O)O. The highest BCUT2D eigenvalue weighted by atomic mass is 32.2. The zero-order chi connectivity index (χ0) is 24.3. The van der Waals surface area contributed by atoms with Crippen molar-refractivity contribution in [2.24, 2.45) is 5.73 Å². The van der Waals surface area contributed by atoms with Gasteiger partial charge in [-0.15, -0.1) is 0 Å². The summed E-state index contributed by atoms with van der Waals surface area (Å²) in [5.41, 5.74) is 5.97. The normalized spacial score (nSPS) is 15.7. The van der Waals surface area contributed by atoms with Gasteiger partial charge in [-0.25, -0.2) is 9.78 Å². The van der Waals surface area contributed by atoms with Crippen molar-refractivity contribution in [2.45, 2.75) is 50.0 Å². The van der Waals surface area contributed by atoms with Gasteiger partial charge in [0.25, 0.3) is 0 Å². The molecule has 0 spiro atoms. The van der Waals surface area contributed by atoms with Crippen molar-refractivity contribution in [1.29, 1.82) is 0 Å². The summed E-state index contributed by atoms with van der Waals surface area (Å²) in [6.07, 6.45) is 3.34. The van der Waals surface area contributed by atoms with Crippen LogP contribution in [0.25, 0.3) is 0 Å². The molecule has 5 atom stereocenters. The van der Waals surface area contributed by atoms with Crippen LogP contribution in [-0.4, -0.2) is 97.9 Å². The smallest absolute Gasteiger partial charge is 0.326 e. The van der Waals surface area contributed by atoms with E-state index in [0.29, 0.717) is 11.4 Å². The van der Waals surface area contributed by atoms with Gasteiger partial charge in [0, 0.05) is 18.3 Å². The third-order valence-corrected chi connectivity index (χ3v) is 5.08. The fourth-order valence-corrected chi connectivity index (χ4v) is 3.07. The Bertz CT molecular complexity index is 761. The molecule has 0 bridgehead atoms. The first-order chi connectivity index (χ1) is 15.1. The Morgan fingerprint density at radius 1 is 1.16 bits per heavy atom. The van der Waals surface area contributed by atoms with E-state index in [1.165, 1.54) is 31.2 Å². The summed E-state index contributed by atoms with van der Waals surface area (Å²) >= 11 is 1.41. The maximum atomic E-state index is 12.9. The molecule has 0 fully saturated rings. The second-order valence-electron chi connectivity index (χ2n) is 7.04. The second-order valence-corrected chi connectivity index (χ2v) is 8.02. The number of imidazole rings is 1. The number of aromatic amines is 1. The molecule has 180 valence electrons. The van der Waals surface area contributed by atoms with Crippen LogP contribution in [0.5, 0.6) is 0 Å². The van der Waals surface area contributed by atoms with Crippen LogP contribution in [-0.2, 0) is 25.6 Å². The zero-order valence-electron chi connectivity index (χ0n) is 17.8. The minimum atomic E-state index is -1.48. The number of H-pyrrole nitrogens is 1. The molecule has 0 aliphatic carbocycles. The van der Waals surface area contributed by atoms with E-state index in [-0.39, 0.29) is 12.8 Å². The number of carbonyl (C=O) groups excluding carboxylic acids is 3. The Morgan fingerprint density at radius 2 is 1.81 bits per heavy atom. The van der Waals surface area contributed by atoms with Crippen LogP contribution >= 0.6 is 11.8 Å². The van der Waals surface area contributed by atoms with Crippen LogP contribution in [0.2, 0.25) is 0 Å². The highest BCUT2D eigenvalue weighted by molar-refractivity contribution is 7.98. The van der Waals surface area contributed by atoms with Crippen molar-refractivity contribution in [3.8, 4) is 0 Å². The van der Waals surface area contributed by atoms with Crippen molar-refractivity contribution >= 4 is 35.5 Å². The molecule has 1 aromatic rings. The molecular weight excluding hydrogens is 444 g/mol. The second kappa shape index (κ2) is 13.7. The third-order valence-electron chi connectivity index (χ3n) is 4.43. The maximum absolute atomic E-state index is 12.9. The van der Waals surface area contributed by atoms with Gasteiger partial charge < -0.3 is 42.0 Å². The lowest BCUT2D eigenvalue weighted by atomic mass is 10.1.